The third-order valence-electron chi connectivity index (χ3n) is 5.04. The molecule has 1 fully saturated rings. The van der Waals surface area contributed by atoms with Gasteiger partial charge in [0.1, 0.15) is 0 Å². The second-order valence-corrected chi connectivity index (χ2v) is 9.14. The molecule has 3 aromatic rings. The average molecular weight is 419 g/mol. The van der Waals surface area contributed by atoms with Gasteiger partial charge in [-0.25, -0.2) is 13.2 Å². The number of rotatable bonds is 6. The number of carboxylic acid groups (broad SMARTS) is 1. The lowest BCUT2D eigenvalue weighted by Gasteiger charge is -2.14. The highest BCUT2D eigenvalue weighted by Gasteiger charge is 2.31. The largest absolute Gasteiger partial charge is 0.478 e. The van der Waals surface area contributed by atoms with Crippen LogP contribution in [0.15, 0.2) is 59.6 Å². The van der Waals surface area contributed by atoms with Gasteiger partial charge in [0.2, 0.25) is 0 Å². The minimum Gasteiger partial charge on any atom is -0.478 e. The Kier molecular flexibility index (Phi) is 5.06. The van der Waals surface area contributed by atoms with Crippen molar-refractivity contribution in [2.45, 2.75) is 29.4 Å². The first kappa shape index (κ1) is 19.7. The van der Waals surface area contributed by atoms with Crippen molar-refractivity contribution in [2.24, 2.45) is 0 Å². The number of nitriles is 1. The summed E-state index contributed by atoms with van der Waals surface area (Å²) in [6, 6.07) is 14.5. The van der Waals surface area contributed by atoms with Crippen LogP contribution < -0.4 is 0 Å². The quantitative estimate of drug-likeness (QED) is 0.648. The van der Waals surface area contributed by atoms with Crippen LogP contribution in [0.2, 0.25) is 0 Å². The molecule has 0 aliphatic heterocycles. The maximum atomic E-state index is 13.4. The van der Waals surface area contributed by atoms with Crippen LogP contribution in [0.1, 0.15) is 45.8 Å². The van der Waals surface area contributed by atoms with Crippen molar-refractivity contribution >= 4 is 15.8 Å². The van der Waals surface area contributed by atoms with Crippen molar-refractivity contribution in [3.63, 3.8) is 0 Å². The Hall–Kier alpha value is -3.57. The van der Waals surface area contributed by atoms with Crippen LogP contribution in [-0.4, -0.2) is 29.7 Å². The fourth-order valence-corrected chi connectivity index (χ4v) is 5.13. The third-order valence-corrected chi connectivity index (χ3v) is 6.76. The minimum atomic E-state index is -3.88. The highest BCUT2D eigenvalue weighted by atomic mass is 32.2. The topological polar surface area (TPSA) is 121 Å². The van der Waals surface area contributed by atoms with Crippen LogP contribution in [0.25, 0.3) is 11.3 Å². The molecule has 1 aliphatic rings. The fourth-order valence-electron chi connectivity index (χ4n) is 3.43. The van der Waals surface area contributed by atoms with Gasteiger partial charge in [0, 0.05) is 11.8 Å². The molecule has 1 heterocycles. The number of benzene rings is 2. The average Bonchev–Trinajstić information content (AvgIpc) is 3.59. The third kappa shape index (κ3) is 3.93. The van der Waals surface area contributed by atoms with Gasteiger partial charge in [0.05, 0.1) is 33.5 Å². The van der Waals surface area contributed by atoms with E-state index in [0.29, 0.717) is 27.9 Å². The number of sulfone groups is 1. The first-order valence-electron chi connectivity index (χ1n) is 9.30. The van der Waals surface area contributed by atoms with Crippen molar-refractivity contribution in [1.29, 1.82) is 5.26 Å². The van der Waals surface area contributed by atoms with Crippen molar-refractivity contribution in [1.82, 2.24) is 10.2 Å². The van der Waals surface area contributed by atoms with Crippen molar-refractivity contribution in [2.75, 3.05) is 0 Å². The summed E-state index contributed by atoms with van der Waals surface area (Å²) in [5.74, 6) is -1.43. The molecule has 30 heavy (non-hydrogen) atoms. The van der Waals surface area contributed by atoms with Crippen LogP contribution in [-0.2, 0) is 15.6 Å². The van der Waals surface area contributed by atoms with Crippen molar-refractivity contribution in [3.05, 3.63) is 77.0 Å². The van der Waals surface area contributed by atoms with E-state index in [1.807, 2.05) is 6.07 Å². The Morgan fingerprint density at radius 3 is 2.60 bits per heavy atom. The standard InChI is InChI=1S/C22H17N3O4S/c23-12-14-3-7-18(20-2-1-9-24-25-20)17(10-14)13-30(28,29)21-11-16(22(26)27)6-8-19(21)15-4-5-15/h1-3,6-11,15H,4-5,13H2,(H,26,27). The van der Waals surface area contributed by atoms with Gasteiger partial charge in [-0.1, -0.05) is 12.1 Å². The lowest BCUT2D eigenvalue weighted by molar-refractivity contribution is 0.0696. The van der Waals surface area contributed by atoms with Crippen molar-refractivity contribution < 1.29 is 18.3 Å². The summed E-state index contributed by atoms with van der Waals surface area (Å²) in [5, 5.41) is 26.5. The van der Waals surface area contributed by atoms with Crippen LogP contribution in [0.5, 0.6) is 0 Å². The predicted molar refractivity (Wildman–Crippen MR) is 108 cm³/mol. The summed E-state index contributed by atoms with van der Waals surface area (Å²) < 4.78 is 26.8. The van der Waals surface area contributed by atoms with E-state index in [4.69, 9.17) is 0 Å². The van der Waals surface area contributed by atoms with Gasteiger partial charge >= 0.3 is 5.97 Å². The maximum absolute atomic E-state index is 13.4. The van der Waals surface area contributed by atoms with E-state index in [1.165, 1.54) is 24.4 Å². The number of aromatic carboxylic acids is 1. The Balaban J connectivity index is 1.82. The SMILES string of the molecule is N#Cc1ccc(-c2cccnn2)c(CS(=O)(=O)c2cc(C(=O)O)ccc2C2CC2)c1. The fraction of sp³-hybridized carbons (Fsp3) is 0.182. The molecule has 7 nitrogen and oxygen atoms in total. The molecule has 0 amide bonds. The normalized spacial score (nSPS) is 13.6. The van der Waals surface area contributed by atoms with Crippen molar-refractivity contribution in [3.8, 4) is 17.3 Å². The molecule has 0 bridgehead atoms. The molecule has 1 aliphatic carbocycles. The monoisotopic (exact) mass is 419 g/mol. The lowest BCUT2D eigenvalue weighted by Crippen LogP contribution is -2.11. The van der Waals surface area contributed by atoms with E-state index in [9.17, 15) is 23.6 Å². The van der Waals surface area contributed by atoms with E-state index in [-0.39, 0.29) is 22.1 Å². The maximum Gasteiger partial charge on any atom is 0.335 e. The summed E-state index contributed by atoms with van der Waals surface area (Å²) in [6.45, 7) is 0. The Bertz CT molecular complexity index is 1280. The smallest absolute Gasteiger partial charge is 0.335 e. The second kappa shape index (κ2) is 7.69. The Morgan fingerprint density at radius 2 is 1.97 bits per heavy atom. The summed E-state index contributed by atoms with van der Waals surface area (Å²) in [4.78, 5) is 11.5. The zero-order valence-electron chi connectivity index (χ0n) is 15.8. The molecule has 0 spiro atoms. The summed E-state index contributed by atoms with van der Waals surface area (Å²) in [7, 11) is -3.88. The molecule has 0 saturated heterocycles. The Labute approximate surface area is 173 Å². The van der Waals surface area contributed by atoms with E-state index in [2.05, 4.69) is 10.2 Å². The number of hydrogen-bond donors (Lipinski definition) is 1. The second-order valence-electron chi connectivity index (χ2n) is 7.18. The lowest BCUT2D eigenvalue weighted by atomic mass is 10.0. The highest BCUT2D eigenvalue weighted by Crippen LogP contribution is 2.43. The van der Waals surface area contributed by atoms with E-state index in [0.717, 1.165) is 12.8 Å². The van der Waals surface area contributed by atoms with E-state index < -0.39 is 15.8 Å². The van der Waals surface area contributed by atoms with E-state index >= 15 is 0 Å². The molecule has 1 aromatic heterocycles. The summed E-state index contributed by atoms with van der Waals surface area (Å²) in [5.41, 5.74) is 2.38. The van der Waals surface area contributed by atoms with Crippen LogP contribution >= 0.6 is 0 Å². The Morgan fingerprint density at radius 1 is 1.17 bits per heavy atom. The number of aromatic nitrogens is 2. The highest BCUT2D eigenvalue weighted by molar-refractivity contribution is 7.90. The molecule has 2 aromatic carbocycles. The molecular formula is C22H17N3O4S. The number of carboxylic acids is 1. The molecule has 0 atom stereocenters. The predicted octanol–water partition coefficient (Wildman–Crippen LogP) is 3.56. The number of hydrogen-bond acceptors (Lipinski definition) is 6. The first-order valence-corrected chi connectivity index (χ1v) is 11.0. The van der Waals surface area contributed by atoms with E-state index in [1.54, 1.807) is 30.3 Å². The van der Waals surface area contributed by atoms with Gasteiger partial charge in [-0.05, 0) is 66.3 Å². The molecule has 4 rings (SSSR count). The molecule has 1 saturated carbocycles. The molecular weight excluding hydrogens is 402 g/mol. The van der Waals surface area contributed by atoms with Crippen LogP contribution in [0.4, 0.5) is 0 Å². The van der Waals surface area contributed by atoms with Gasteiger partial charge in [-0.3, -0.25) is 0 Å². The molecule has 150 valence electrons. The number of carbonyl (C=O) groups is 1. The van der Waals surface area contributed by atoms with Gasteiger partial charge < -0.3 is 5.11 Å². The minimum absolute atomic E-state index is 0.0392. The van der Waals surface area contributed by atoms with Gasteiger partial charge in [0.15, 0.2) is 9.84 Å². The zero-order chi connectivity index (χ0) is 21.3. The first-order chi connectivity index (χ1) is 14.4. The van der Waals surface area contributed by atoms with Gasteiger partial charge in [-0.15, -0.1) is 0 Å². The molecule has 0 radical (unpaired) electrons. The number of nitrogens with zero attached hydrogens (tertiary/aromatic N) is 3. The zero-order valence-corrected chi connectivity index (χ0v) is 16.6. The van der Waals surface area contributed by atoms with Gasteiger partial charge in [0.25, 0.3) is 0 Å². The van der Waals surface area contributed by atoms with Gasteiger partial charge in [-0.2, -0.15) is 15.5 Å². The van der Waals surface area contributed by atoms with Crippen LogP contribution in [0.3, 0.4) is 0 Å². The van der Waals surface area contributed by atoms with Crippen LogP contribution in [0, 0.1) is 11.3 Å². The molecule has 0 unspecified atom stereocenters. The molecule has 1 N–H and O–H groups in total. The summed E-state index contributed by atoms with van der Waals surface area (Å²) >= 11 is 0. The summed E-state index contributed by atoms with van der Waals surface area (Å²) in [6.07, 6.45) is 3.27. The molecule has 8 heteroatoms.